The molecule has 1 aliphatic carbocycles. The second kappa shape index (κ2) is 8.57. The number of rotatable bonds is 7. The van der Waals surface area contributed by atoms with E-state index in [1.54, 1.807) is 24.3 Å². The zero-order valence-corrected chi connectivity index (χ0v) is 13.4. The topological polar surface area (TPSA) is 127 Å². The predicted molar refractivity (Wildman–Crippen MR) is 90.8 cm³/mol. The second-order valence-corrected chi connectivity index (χ2v) is 5.51. The number of hydrogen-bond acceptors (Lipinski definition) is 5. The Labute approximate surface area is 143 Å². The fourth-order valence-corrected chi connectivity index (χ4v) is 2.29. The Kier molecular flexibility index (Phi) is 6.21. The van der Waals surface area contributed by atoms with Crippen LogP contribution in [0.25, 0.3) is 0 Å². The van der Waals surface area contributed by atoms with Crippen molar-refractivity contribution in [3.8, 4) is 0 Å². The normalized spacial score (nSPS) is 16.0. The Morgan fingerprint density at radius 3 is 2.44 bits per heavy atom. The number of amides is 2. The maximum atomic E-state index is 11.7. The van der Waals surface area contributed by atoms with Crippen LogP contribution >= 0.6 is 0 Å². The van der Waals surface area contributed by atoms with Crippen molar-refractivity contribution in [2.75, 3.05) is 13.1 Å². The van der Waals surface area contributed by atoms with Gasteiger partial charge in [-0.3, -0.25) is 20.2 Å². The maximum Gasteiger partial charge on any atom is 0.315 e. The van der Waals surface area contributed by atoms with Crippen molar-refractivity contribution in [2.45, 2.75) is 18.9 Å². The van der Waals surface area contributed by atoms with Gasteiger partial charge in [0.2, 0.25) is 6.04 Å². The molecule has 0 spiro atoms. The number of carbonyl (C=O) groups excluding carboxylic acids is 1. The molecule has 2 rings (SSSR count). The number of nitro benzene ring substituents is 1. The van der Waals surface area contributed by atoms with Crippen LogP contribution in [0.15, 0.2) is 48.1 Å². The average Bonchev–Trinajstić information content (AvgIpc) is 2.60. The number of nitrogens with one attached hydrogen (secondary N) is 2. The molecule has 0 saturated heterocycles. The van der Waals surface area contributed by atoms with E-state index in [4.69, 9.17) is 0 Å². The van der Waals surface area contributed by atoms with Gasteiger partial charge in [0.1, 0.15) is 0 Å². The molecule has 0 saturated carbocycles. The third kappa shape index (κ3) is 5.72. The van der Waals surface area contributed by atoms with Crippen LogP contribution in [-0.2, 0) is 6.42 Å². The Hall–Kier alpha value is -3.23. The first-order valence-electron chi connectivity index (χ1n) is 7.71. The lowest BCUT2D eigenvalue weighted by Gasteiger charge is -2.12. The minimum absolute atomic E-state index is 0.0302. The van der Waals surface area contributed by atoms with Crippen LogP contribution in [0, 0.1) is 20.2 Å². The molecule has 2 N–H and O–H groups in total. The lowest BCUT2D eigenvalue weighted by Crippen LogP contribution is -2.37. The fourth-order valence-electron chi connectivity index (χ4n) is 2.29. The van der Waals surface area contributed by atoms with Crippen molar-refractivity contribution >= 4 is 11.7 Å². The molecule has 1 aliphatic rings. The van der Waals surface area contributed by atoms with Crippen LogP contribution in [0.1, 0.15) is 12.0 Å². The van der Waals surface area contributed by atoms with E-state index in [0.717, 1.165) is 11.1 Å². The summed E-state index contributed by atoms with van der Waals surface area (Å²) in [5, 5.41) is 26.6. The van der Waals surface area contributed by atoms with E-state index in [1.807, 2.05) is 0 Å². The highest BCUT2D eigenvalue weighted by Crippen LogP contribution is 2.13. The van der Waals surface area contributed by atoms with Gasteiger partial charge in [-0.15, -0.1) is 0 Å². The van der Waals surface area contributed by atoms with Gasteiger partial charge in [0.15, 0.2) is 0 Å². The Balaban J connectivity index is 1.67. The third-order valence-corrected chi connectivity index (χ3v) is 3.72. The Morgan fingerprint density at radius 1 is 1.16 bits per heavy atom. The summed E-state index contributed by atoms with van der Waals surface area (Å²) in [7, 11) is 0. The number of benzene rings is 1. The number of nitrogens with zero attached hydrogens (tertiary/aromatic N) is 2. The molecule has 9 nitrogen and oxygen atoms in total. The van der Waals surface area contributed by atoms with Gasteiger partial charge in [-0.2, -0.15) is 0 Å². The summed E-state index contributed by atoms with van der Waals surface area (Å²) in [6, 6.07) is 5.12. The van der Waals surface area contributed by atoms with Crippen molar-refractivity contribution in [3.63, 3.8) is 0 Å². The summed E-state index contributed by atoms with van der Waals surface area (Å²) in [5.41, 5.74) is 1.74. The van der Waals surface area contributed by atoms with E-state index < -0.39 is 11.0 Å². The monoisotopic (exact) mass is 346 g/mol. The zero-order valence-electron chi connectivity index (χ0n) is 13.4. The quantitative estimate of drug-likeness (QED) is 0.576. The largest absolute Gasteiger partial charge is 0.338 e. The second-order valence-electron chi connectivity index (χ2n) is 5.51. The fraction of sp³-hybridized carbons (Fsp3) is 0.312. The van der Waals surface area contributed by atoms with Gasteiger partial charge in [-0.25, -0.2) is 4.79 Å². The highest BCUT2D eigenvalue weighted by Gasteiger charge is 2.17. The first kappa shape index (κ1) is 18.1. The molecule has 0 bridgehead atoms. The number of hydrogen-bond donors (Lipinski definition) is 2. The van der Waals surface area contributed by atoms with Gasteiger partial charge in [0.25, 0.3) is 5.69 Å². The molecular weight excluding hydrogens is 328 g/mol. The van der Waals surface area contributed by atoms with Gasteiger partial charge >= 0.3 is 6.03 Å². The van der Waals surface area contributed by atoms with Crippen LogP contribution in [-0.4, -0.2) is 35.0 Å². The number of carbonyl (C=O) groups is 1. The lowest BCUT2D eigenvalue weighted by atomic mass is 10.0. The van der Waals surface area contributed by atoms with Crippen LogP contribution in [0.3, 0.4) is 0 Å². The molecule has 132 valence electrons. The number of urea groups is 1. The predicted octanol–water partition coefficient (Wildman–Crippen LogP) is 1.97. The Bertz CT molecular complexity index is 712. The van der Waals surface area contributed by atoms with Gasteiger partial charge in [0, 0.05) is 36.6 Å². The first-order chi connectivity index (χ1) is 12.0. The highest BCUT2D eigenvalue weighted by atomic mass is 16.6. The summed E-state index contributed by atoms with van der Waals surface area (Å²) in [6.45, 7) is 0.687. The maximum absolute atomic E-state index is 11.7. The van der Waals surface area contributed by atoms with E-state index >= 15 is 0 Å². The standard InChI is InChI=1S/C16H18N4O5/c21-16(18-11-13-3-7-15(8-4-13)20(24)25)17-10-9-12-1-5-14(6-2-12)19(22)23/h1-7,15H,8-11H2,(H2,17,18,21). The van der Waals surface area contributed by atoms with E-state index in [2.05, 4.69) is 10.6 Å². The van der Waals surface area contributed by atoms with Gasteiger partial charge < -0.3 is 10.6 Å². The molecule has 1 atom stereocenters. The minimum Gasteiger partial charge on any atom is -0.338 e. The minimum atomic E-state index is -0.695. The van der Waals surface area contributed by atoms with Crippen molar-refractivity contribution in [1.29, 1.82) is 0 Å². The Morgan fingerprint density at radius 2 is 1.88 bits per heavy atom. The molecule has 2 amide bonds. The van der Waals surface area contributed by atoms with Crippen molar-refractivity contribution in [2.24, 2.45) is 0 Å². The molecule has 0 aliphatic heterocycles. The van der Waals surface area contributed by atoms with Crippen LogP contribution in [0.2, 0.25) is 0 Å². The van der Waals surface area contributed by atoms with Gasteiger partial charge in [0.05, 0.1) is 4.92 Å². The first-order valence-corrected chi connectivity index (χ1v) is 7.71. The van der Waals surface area contributed by atoms with E-state index in [-0.39, 0.29) is 16.6 Å². The lowest BCUT2D eigenvalue weighted by molar-refractivity contribution is -0.508. The molecule has 9 heteroatoms. The summed E-state index contributed by atoms with van der Waals surface area (Å²) in [4.78, 5) is 32.1. The van der Waals surface area contributed by atoms with E-state index in [0.29, 0.717) is 25.9 Å². The highest BCUT2D eigenvalue weighted by molar-refractivity contribution is 5.74. The molecule has 0 heterocycles. The SMILES string of the molecule is O=C(NCCc1ccc([N+](=O)[O-])cc1)NCC1=CCC([N+](=O)[O-])C=C1. The molecule has 0 aromatic heterocycles. The molecule has 1 aromatic rings. The van der Waals surface area contributed by atoms with Crippen LogP contribution in [0.5, 0.6) is 0 Å². The summed E-state index contributed by atoms with van der Waals surface area (Å²) in [6.07, 6.45) is 5.78. The smallest absolute Gasteiger partial charge is 0.315 e. The van der Waals surface area contributed by atoms with Gasteiger partial charge in [-0.05, 0) is 23.6 Å². The molecule has 0 fully saturated rings. The van der Waals surface area contributed by atoms with Crippen molar-refractivity contribution < 1.29 is 14.6 Å². The molecule has 1 unspecified atom stereocenters. The number of nitro groups is 2. The summed E-state index contributed by atoms with van der Waals surface area (Å²) >= 11 is 0. The van der Waals surface area contributed by atoms with Crippen LogP contribution in [0.4, 0.5) is 10.5 Å². The van der Waals surface area contributed by atoms with Crippen molar-refractivity contribution in [1.82, 2.24) is 10.6 Å². The van der Waals surface area contributed by atoms with E-state index in [9.17, 15) is 25.0 Å². The molecule has 0 radical (unpaired) electrons. The van der Waals surface area contributed by atoms with Crippen molar-refractivity contribution in [3.05, 3.63) is 73.9 Å². The summed E-state index contributed by atoms with van der Waals surface area (Å²) in [5.74, 6) is 0. The van der Waals surface area contributed by atoms with E-state index in [1.165, 1.54) is 18.2 Å². The number of non-ortho nitro benzene ring substituents is 1. The summed E-state index contributed by atoms with van der Waals surface area (Å²) < 4.78 is 0. The zero-order chi connectivity index (χ0) is 18.2. The average molecular weight is 346 g/mol. The van der Waals surface area contributed by atoms with Gasteiger partial charge in [-0.1, -0.05) is 24.3 Å². The third-order valence-electron chi connectivity index (χ3n) is 3.72. The molecule has 1 aromatic carbocycles. The van der Waals surface area contributed by atoms with Crippen LogP contribution < -0.4 is 10.6 Å². The molecular formula is C16H18N4O5. The molecule has 25 heavy (non-hydrogen) atoms.